The van der Waals surface area contributed by atoms with E-state index >= 15 is 0 Å². The van der Waals surface area contributed by atoms with E-state index in [-0.39, 0.29) is 0 Å². The van der Waals surface area contributed by atoms with Gasteiger partial charge in [-0.3, -0.25) is 0 Å². The van der Waals surface area contributed by atoms with Gasteiger partial charge in [0.05, 0.1) is 12.5 Å². The minimum absolute atomic E-state index is 0.917. The van der Waals surface area contributed by atoms with E-state index in [1.165, 1.54) is 0 Å². The van der Waals surface area contributed by atoms with E-state index in [0.717, 1.165) is 17.1 Å². The van der Waals surface area contributed by atoms with E-state index in [4.69, 9.17) is 23.1 Å². The van der Waals surface area contributed by atoms with Crippen LogP contribution < -0.4 is 18.6 Å². The molecule has 1 aromatic heterocycles. The molecule has 0 saturated heterocycles. The molecule has 1 heterocycles. The maximum Gasteiger partial charge on any atom is 0.360 e. The number of hydrogen-bond acceptors (Lipinski definition) is 4. The van der Waals surface area contributed by atoms with Gasteiger partial charge in [-0.1, -0.05) is 18.2 Å². The first-order valence-corrected chi connectivity index (χ1v) is 6.16. The molecule has 0 spiro atoms. The third kappa shape index (κ3) is 6.29. The van der Waals surface area contributed by atoms with Gasteiger partial charge < -0.3 is 0 Å². The topological polar surface area (TPSA) is 104 Å². The fourth-order valence-electron chi connectivity index (χ4n) is 1.27. The third-order valence-electron chi connectivity index (χ3n) is 1.91. The molecule has 0 aliphatic rings. The monoisotopic (exact) mass is 270 g/mol. The van der Waals surface area contributed by atoms with Gasteiger partial charge in [0.25, 0.3) is 0 Å². The molecular formula is C12H11ClO5. The molecule has 2 rings (SSSR count). The average Bonchev–Trinajstić information content (AvgIpc) is 2.28. The van der Waals surface area contributed by atoms with Crippen molar-refractivity contribution in [2.24, 2.45) is 0 Å². The second-order valence-corrected chi connectivity index (χ2v) is 4.10. The van der Waals surface area contributed by atoms with Gasteiger partial charge in [-0.25, -0.2) is 23.1 Å². The lowest BCUT2D eigenvalue weighted by Gasteiger charge is -2.17. The fraction of sp³-hybridized carbons (Fsp3) is 0.0833. The Balaban J connectivity index is 0.000000280. The first-order chi connectivity index (χ1) is 8.36. The van der Waals surface area contributed by atoms with Crippen LogP contribution in [0.15, 0.2) is 52.9 Å². The Bertz CT molecular complexity index is 475. The maximum absolute atomic E-state index is 8.49. The number of benzene rings is 1. The zero-order valence-electron chi connectivity index (χ0n) is 9.54. The fourth-order valence-corrected chi connectivity index (χ4v) is 1.27. The standard InChI is InChI=1S/C12H11O.ClHO4/c1-10-6-5-9-12(13-10)11-7-3-2-4-8-11;2-1(3,4)5/h2-9H,1H3;(H,2,3,4,5)/q+1;/p-1. The molecular weight excluding hydrogens is 260 g/mol. The summed E-state index contributed by atoms with van der Waals surface area (Å²) in [5, 5.41) is 0. The third-order valence-corrected chi connectivity index (χ3v) is 1.91. The van der Waals surface area contributed by atoms with Crippen LogP contribution in [0.5, 0.6) is 0 Å². The predicted octanol–water partition coefficient (Wildman–Crippen LogP) is -1.22. The molecule has 6 heteroatoms. The lowest BCUT2D eigenvalue weighted by Crippen LogP contribution is -2.68. The van der Waals surface area contributed by atoms with Crippen molar-refractivity contribution in [1.29, 1.82) is 0 Å². The largest absolute Gasteiger partial charge is 0.360 e. The van der Waals surface area contributed by atoms with Gasteiger partial charge in [-0.15, -0.1) is 10.2 Å². The molecule has 0 aliphatic heterocycles. The van der Waals surface area contributed by atoms with Crippen LogP contribution in [-0.2, 0) is 0 Å². The lowest BCUT2D eigenvalue weighted by atomic mass is 10.1. The van der Waals surface area contributed by atoms with E-state index in [2.05, 4.69) is 0 Å². The van der Waals surface area contributed by atoms with Gasteiger partial charge >= 0.3 is 11.5 Å². The summed E-state index contributed by atoms with van der Waals surface area (Å²) in [5.41, 5.74) is 1.12. The Labute approximate surface area is 106 Å². The summed E-state index contributed by atoms with van der Waals surface area (Å²) in [6, 6.07) is 16.0. The number of aryl methyl sites for hydroxylation is 1. The summed E-state index contributed by atoms with van der Waals surface area (Å²) in [4.78, 5) is 0. The highest BCUT2D eigenvalue weighted by atomic mass is 35.7. The van der Waals surface area contributed by atoms with Crippen molar-refractivity contribution in [2.75, 3.05) is 0 Å². The van der Waals surface area contributed by atoms with Gasteiger partial charge in [0.1, 0.15) is 0 Å². The first-order valence-electron chi connectivity index (χ1n) is 4.93. The first kappa shape index (κ1) is 14.6. The molecule has 2 aromatic rings. The Morgan fingerprint density at radius 2 is 1.39 bits per heavy atom. The predicted molar refractivity (Wildman–Crippen MR) is 53.3 cm³/mol. The highest BCUT2D eigenvalue weighted by molar-refractivity contribution is 5.56. The average molecular weight is 271 g/mol. The molecule has 0 amide bonds. The smallest absolute Gasteiger partial charge is 0.222 e. The summed E-state index contributed by atoms with van der Waals surface area (Å²) in [6.45, 7) is 1.95. The Kier molecular flexibility index (Phi) is 5.21. The quantitative estimate of drug-likeness (QED) is 0.604. The van der Waals surface area contributed by atoms with E-state index in [9.17, 15) is 0 Å². The molecule has 1 aromatic carbocycles. The van der Waals surface area contributed by atoms with Crippen LogP contribution >= 0.6 is 0 Å². The Morgan fingerprint density at radius 1 is 0.833 bits per heavy atom. The molecule has 0 aliphatic carbocycles. The molecule has 18 heavy (non-hydrogen) atoms. The van der Waals surface area contributed by atoms with Crippen molar-refractivity contribution in [3.05, 3.63) is 54.3 Å². The summed E-state index contributed by atoms with van der Waals surface area (Å²) in [6.07, 6.45) is 0. The molecule has 0 saturated carbocycles. The minimum Gasteiger partial charge on any atom is -0.222 e. The van der Waals surface area contributed by atoms with Crippen LogP contribution in [0.2, 0.25) is 0 Å². The van der Waals surface area contributed by atoms with Gasteiger partial charge in [-0.2, -0.15) is 0 Å². The van der Waals surface area contributed by atoms with Gasteiger partial charge in [0.15, 0.2) is 0 Å². The van der Waals surface area contributed by atoms with Crippen molar-refractivity contribution in [3.8, 4) is 11.3 Å². The van der Waals surface area contributed by atoms with Crippen molar-refractivity contribution >= 4 is 0 Å². The van der Waals surface area contributed by atoms with E-state index in [0.29, 0.717) is 0 Å². The molecule has 5 nitrogen and oxygen atoms in total. The minimum atomic E-state index is -4.94. The van der Waals surface area contributed by atoms with Gasteiger partial charge in [0.2, 0.25) is 0 Å². The molecule has 0 bridgehead atoms. The van der Waals surface area contributed by atoms with Crippen LogP contribution in [0.4, 0.5) is 0 Å². The van der Waals surface area contributed by atoms with Crippen LogP contribution in [0.1, 0.15) is 5.76 Å². The second kappa shape index (κ2) is 6.44. The summed E-state index contributed by atoms with van der Waals surface area (Å²) in [5.74, 6) is 1.85. The van der Waals surface area contributed by atoms with E-state index in [1.807, 2.05) is 55.5 Å². The number of hydrogen-bond donors (Lipinski definition) is 0. The zero-order chi connectivity index (χ0) is 13.6. The van der Waals surface area contributed by atoms with Crippen LogP contribution in [0, 0.1) is 17.2 Å². The van der Waals surface area contributed by atoms with Crippen molar-refractivity contribution in [1.82, 2.24) is 0 Å². The molecule has 0 N–H and O–H groups in total. The summed E-state index contributed by atoms with van der Waals surface area (Å²) < 4.78 is 39.5. The van der Waals surface area contributed by atoms with Gasteiger partial charge in [0, 0.05) is 12.1 Å². The number of rotatable bonds is 1. The van der Waals surface area contributed by atoms with Crippen LogP contribution in [-0.4, -0.2) is 0 Å². The highest BCUT2D eigenvalue weighted by Gasteiger charge is 2.10. The van der Waals surface area contributed by atoms with Crippen LogP contribution in [0.3, 0.4) is 0 Å². The normalized spacial score (nSPS) is 10.5. The molecule has 0 unspecified atom stereocenters. The Hall–Kier alpha value is -1.50. The Morgan fingerprint density at radius 3 is 1.89 bits per heavy atom. The number of halogens is 1. The lowest BCUT2D eigenvalue weighted by molar-refractivity contribution is -2.00. The van der Waals surface area contributed by atoms with E-state index in [1.54, 1.807) is 0 Å². The summed E-state index contributed by atoms with van der Waals surface area (Å²) >= 11 is 0. The second-order valence-electron chi connectivity index (χ2n) is 3.35. The molecule has 0 atom stereocenters. The highest BCUT2D eigenvalue weighted by Crippen LogP contribution is 2.19. The van der Waals surface area contributed by atoms with E-state index < -0.39 is 10.2 Å². The van der Waals surface area contributed by atoms with Crippen molar-refractivity contribution in [2.45, 2.75) is 6.92 Å². The van der Waals surface area contributed by atoms with Crippen molar-refractivity contribution in [3.63, 3.8) is 0 Å². The van der Waals surface area contributed by atoms with Crippen molar-refractivity contribution < 1.29 is 33.3 Å². The van der Waals surface area contributed by atoms with Crippen LogP contribution in [0.25, 0.3) is 11.3 Å². The van der Waals surface area contributed by atoms with Gasteiger partial charge in [-0.05, 0) is 18.2 Å². The maximum atomic E-state index is 8.49. The molecule has 96 valence electrons. The zero-order valence-corrected chi connectivity index (χ0v) is 10.3. The molecule has 0 fully saturated rings. The molecule has 0 radical (unpaired) electrons. The SMILES string of the molecule is Cc1cccc(-c2ccccc2)[o+]1.[O-][Cl+3]([O-])([O-])[O-]. The summed E-state index contributed by atoms with van der Waals surface area (Å²) in [7, 11) is -4.94.